The van der Waals surface area contributed by atoms with Crippen LogP contribution in [0.4, 0.5) is 4.79 Å². The summed E-state index contributed by atoms with van der Waals surface area (Å²) in [6.45, 7) is 10.9. The maximum atomic E-state index is 13.0. The number of nitrogens with zero attached hydrogens (tertiary/aromatic N) is 1. The molecule has 1 aliphatic heterocycles. The summed E-state index contributed by atoms with van der Waals surface area (Å²) in [5.74, 6) is -2.24. The molecule has 3 rings (SSSR count). The number of esters is 1. The van der Waals surface area contributed by atoms with Crippen molar-refractivity contribution in [1.29, 1.82) is 0 Å². The number of ketones is 2. The number of Topliss-reactive ketones (excluding diaryl/α,β-unsaturated/α-hetero) is 2. The summed E-state index contributed by atoms with van der Waals surface area (Å²) in [6.07, 6.45) is 0.140. The first-order valence-corrected chi connectivity index (χ1v) is 13.0. The van der Waals surface area contributed by atoms with Crippen LogP contribution in [-0.2, 0) is 27.2 Å². The van der Waals surface area contributed by atoms with Gasteiger partial charge in [-0.2, -0.15) is 0 Å². The topological polar surface area (TPSA) is 145 Å². The molecular formula is C27H34N2O8S. The minimum Gasteiger partial charge on any atom is -0.504 e. The normalized spacial score (nSPS) is 14.3. The average Bonchev–Trinajstić information content (AvgIpc) is 3.23. The molecule has 0 aliphatic carbocycles. The molecule has 2 heterocycles. The SMILES string of the molecule is CC(C)(C)OC(=O)COc1ccc(C(=O)C(N)C(=O)c2cc3c(s2)CCN(C(=O)OC(C)(C)C)C3)cc1O. The zero-order valence-electron chi connectivity index (χ0n) is 22.5. The van der Waals surface area contributed by atoms with E-state index in [1.165, 1.54) is 23.5 Å². The van der Waals surface area contributed by atoms with Crippen molar-refractivity contribution in [2.75, 3.05) is 13.2 Å². The Kier molecular flexibility index (Phi) is 8.52. The smallest absolute Gasteiger partial charge is 0.410 e. The highest BCUT2D eigenvalue weighted by Gasteiger charge is 2.31. The molecular weight excluding hydrogens is 512 g/mol. The molecule has 11 heteroatoms. The number of carbonyl (C=O) groups is 4. The Bertz CT molecular complexity index is 1240. The first-order valence-electron chi connectivity index (χ1n) is 12.2. The lowest BCUT2D eigenvalue weighted by Gasteiger charge is -2.29. The summed E-state index contributed by atoms with van der Waals surface area (Å²) in [6, 6.07) is 4.00. The van der Waals surface area contributed by atoms with E-state index in [2.05, 4.69) is 0 Å². The van der Waals surface area contributed by atoms with Gasteiger partial charge in [0.05, 0.1) is 11.4 Å². The summed E-state index contributed by atoms with van der Waals surface area (Å²) in [4.78, 5) is 53.1. The van der Waals surface area contributed by atoms with Gasteiger partial charge in [-0.25, -0.2) is 9.59 Å². The lowest BCUT2D eigenvalue weighted by atomic mass is 9.99. The van der Waals surface area contributed by atoms with Crippen LogP contribution in [0.15, 0.2) is 24.3 Å². The van der Waals surface area contributed by atoms with Gasteiger partial charge in [-0.05, 0) is 77.8 Å². The fourth-order valence-corrected chi connectivity index (χ4v) is 4.83. The van der Waals surface area contributed by atoms with Gasteiger partial charge in [0.25, 0.3) is 0 Å². The van der Waals surface area contributed by atoms with Crippen molar-refractivity contribution in [3.63, 3.8) is 0 Å². The minimum absolute atomic E-state index is 0.0189. The number of nitrogens with two attached hydrogens (primary N) is 1. The number of carbonyl (C=O) groups excluding carboxylic acids is 4. The van der Waals surface area contributed by atoms with E-state index in [-0.39, 0.29) is 17.1 Å². The molecule has 0 fully saturated rings. The van der Waals surface area contributed by atoms with E-state index >= 15 is 0 Å². The van der Waals surface area contributed by atoms with Crippen LogP contribution in [0.5, 0.6) is 11.5 Å². The van der Waals surface area contributed by atoms with Crippen LogP contribution in [0.2, 0.25) is 0 Å². The minimum atomic E-state index is -1.48. The van der Waals surface area contributed by atoms with Gasteiger partial charge in [-0.15, -0.1) is 11.3 Å². The number of phenolic OH excluding ortho intramolecular Hbond substituents is 1. The van der Waals surface area contributed by atoms with Gasteiger partial charge in [0.1, 0.15) is 17.2 Å². The maximum absolute atomic E-state index is 13.0. The zero-order valence-corrected chi connectivity index (χ0v) is 23.3. The molecule has 0 bridgehead atoms. The van der Waals surface area contributed by atoms with Crippen molar-refractivity contribution in [1.82, 2.24) is 4.90 Å². The van der Waals surface area contributed by atoms with E-state index < -0.39 is 47.5 Å². The number of benzene rings is 1. The number of aromatic hydroxyl groups is 1. The quantitative estimate of drug-likeness (QED) is 0.300. The number of ether oxygens (including phenoxy) is 3. The molecule has 1 unspecified atom stereocenters. The largest absolute Gasteiger partial charge is 0.504 e. The fraction of sp³-hybridized carbons (Fsp3) is 0.481. The van der Waals surface area contributed by atoms with Crippen LogP contribution in [0.25, 0.3) is 0 Å². The Labute approximate surface area is 225 Å². The van der Waals surface area contributed by atoms with Crippen molar-refractivity contribution >= 4 is 35.0 Å². The molecule has 0 spiro atoms. The number of hydrogen-bond donors (Lipinski definition) is 2. The second kappa shape index (κ2) is 11.1. The van der Waals surface area contributed by atoms with E-state index in [1.807, 2.05) is 0 Å². The molecule has 38 heavy (non-hydrogen) atoms. The zero-order chi connectivity index (χ0) is 28.4. The Hall–Kier alpha value is -3.44. The van der Waals surface area contributed by atoms with Crippen molar-refractivity contribution in [2.24, 2.45) is 5.73 Å². The summed E-state index contributed by atoms with van der Waals surface area (Å²) >= 11 is 1.26. The molecule has 1 aliphatic rings. The van der Waals surface area contributed by atoms with Crippen LogP contribution in [0, 0.1) is 0 Å². The molecule has 0 saturated carbocycles. The van der Waals surface area contributed by atoms with Crippen LogP contribution in [-0.4, -0.2) is 64.0 Å². The lowest BCUT2D eigenvalue weighted by molar-refractivity contribution is -0.157. The monoisotopic (exact) mass is 546 g/mol. The molecule has 1 amide bonds. The van der Waals surface area contributed by atoms with Gasteiger partial charge in [0.2, 0.25) is 0 Å². The molecule has 1 aromatic heterocycles. The number of fused-ring (bicyclic) bond motifs is 1. The highest BCUT2D eigenvalue weighted by atomic mass is 32.1. The number of thiophene rings is 1. The van der Waals surface area contributed by atoms with Gasteiger partial charge in [0, 0.05) is 17.0 Å². The third-order valence-electron chi connectivity index (χ3n) is 5.34. The van der Waals surface area contributed by atoms with Gasteiger partial charge in [-0.3, -0.25) is 9.59 Å². The Morgan fingerprint density at radius 1 is 1.03 bits per heavy atom. The average molecular weight is 547 g/mol. The van der Waals surface area contributed by atoms with Gasteiger partial charge in [0.15, 0.2) is 29.7 Å². The highest BCUT2D eigenvalue weighted by molar-refractivity contribution is 7.14. The third-order valence-corrected chi connectivity index (χ3v) is 6.59. The molecule has 0 radical (unpaired) electrons. The number of phenols is 1. The van der Waals surface area contributed by atoms with E-state index in [0.29, 0.717) is 24.4 Å². The lowest BCUT2D eigenvalue weighted by Crippen LogP contribution is -2.39. The molecule has 10 nitrogen and oxygen atoms in total. The molecule has 3 N–H and O–H groups in total. The second-order valence-corrected chi connectivity index (χ2v) is 12.1. The van der Waals surface area contributed by atoms with E-state index in [0.717, 1.165) is 16.5 Å². The Morgan fingerprint density at radius 3 is 2.29 bits per heavy atom. The second-order valence-electron chi connectivity index (χ2n) is 11.0. The Morgan fingerprint density at radius 2 is 1.68 bits per heavy atom. The summed E-state index contributed by atoms with van der Waals surface area (Å²) in [5, 5.41) is 10.3. The highest BCUT2D eigenvalue weighted by Crippen LogP contribution is 2.31. The predicted octanol–water partition coefficient (Wildman–Crippen LogP) is 3.86. The molecule has 2 aromatic rings. The molecule has 206 valence electrons. The van der Waals surface area contributed by atoms with Gasteiger partial charge < -0.3 is 30.0 Å². The van der Waals surface area contributed by atoms with Crippen molar-refractivity contribution in [3.05, 3.63) is 45.1 Å². The van der Waals surface area contributed by atoms with Crippen molar-refractivity contribution in [2.45, 2.75) is 71.8 Å². The van der Waals surface area contributed by atoms with Gasteiger partial charge >= 0.3 is 12.1 Å². The van der Waals surface area contributed by atoms with Gasteiger partial charge in [-0.1, -0.05) is 0 Å². The first kappa shape index (κ1) is 29.1. The van der Waals surface area contributed by atoms with E-state index in [1.54, 1.807) is 52.5 Å². The number of hydrogen-bond acceptors (Lipinski definition) is 10. The van der Waals surface area contributed by atoms with Crippen LogP contribution in [0.3, 0.4) is 0 Å². The first-order chi connectivity index (χ1) is 17.5. The molecule has 0 saturated heterocycles. The van der Waals surface area contributed by atoms with Crippen LogP contribution < -0.4 is 10.5 Å². The fourth-order valence-electron chi connectivity index (χ4n) is 3.69. The summed E-state index contributed by atoms with van der Waals surface area (Å²) < 4.78 is 15.9. The molecule has 1 aromatic carbocycles. The molecule has 1 atom stereocenters. The van der Waals surface area contributed by atoms with Crippen LogP contribution in [0.1, 0.15) is 72.0 Å². The Balaban J connectivity index is 1.65. The van der Waals surface area contributed by atoms with E-state index in [9.17, 15) is 24.3 Å². The standard InChI is InChI=1S/C27H34N2O8S/c1-26(2,3)36-21(31)14-35-18-8-7-15(11-17(18)30)23(32)22(28)24(33)20-12-16-13-29(10-9-19(16)38-20)25(34)37-27(4,5)6/h7-8,11-12,22,30H,9-10,13-14,28H2,1-6H3. The van der Waals surface area contributed by atoms with E-state index in [4.69, 9.17) is 19.9 Å². The maximum Gasteiger partial charge on any atom is 0.410 e. The summed E-state index contributed by atoms with van der Waals surface area (Å²) in [5.41, 5.74) is 5.57. The van der Waals surface area contributed by atoms with Crippen LogP contribution >= 0.6 is 11.3 Å². The number of rotatable bonds is 7. The number of amides is 1. The third kappa shape index (κ3) is 7.55. The van der Waals surface area contributed by atoms with Crippen molar-refractivity contribution in [3.8, 4) is 11.5 Å². The van der Waals surface area contributed by atoms with Crippen molar-refractivity contribution < 1.29 is 38.5 Å². The predicted molar refractivity (Wildman–Crippen MR) is 141 cm³/mol. The summed E-state index contributed by atoms with van der Waals surface area (Å²) in [7, 11) is 0.